The summed E-state index contributed by atoms with van der Waals surface area (Å²) in [5.41, 5.74) is 4.88. The number of aliphatic hydroxyl groups is 1. The van der Waals surface area contributed by atoms with Gasteiger partial charge in [0, 0.05) is 42.6 Å². The van der Waals surface area contributed by atoms with E-state index in [2.05, 4.69) is 52.4 Å². The largest absolute Gasteiger partial charge is 0.394 e. The Balaban J connectivity index is 1.52. The molecule has 2 N–H and O–H groups in total. The Bertz CT molecular complexity index is 831. The quantitative estimate of drug-likeness (QED) is 0.702. The van der Waals surface area contributed by atoms with E-state index in [0.29, 0.717) is 12.6 Å². The van der Waals surface area contributed by atoms with Crippen LogP contribution in [0.1, 0.15) is 29.7 Å². The van der Waals surface area contributed by atoms with Crippen molar-refractivity contribution in [2.75, 3.05) is 6.61 Å². The van der Waals surface area contributed by atoms with Gasteiger partial charge in [0.15, 0.2) is 0 Å². The Labute approximate surface area is 141 Å². The summed E-state index contributed by atoms with van der Waals surface area (Å²) in [6, 6.07) is 9.48. The molecule has 5 nitrogen and oxygen atoms in total. The van der Waals surface area contributed by atoms with Crippen LogP contribution in [0.4, 0.5) is 0 Å². The molecule has 1 aliphatic carbocycles. The number of aromatic amines is 1. The Morgan fingerprint density at radius 3 is 2.96 bits per heavy atom. The predicted molar refractivity (Wildman–Crippen MR) is 94.6 cm³/mol. The lowest BCUT2D eigenvalue weighted by molar-refractivity contribution is 0.245. The van der Waals surface area contributed by atoms with Gasteiger partial charge in [0.05, 0.1) is 18.8 Å². The number of benzene rings is 1. The number of aryl methyl sites for hydroxylation is 1. The van der Waals surface area contributed by atoms with Crippen LogP contribution in [0.5, 0.6) is 0 Å². The molecule has 0 atom stereocenters. The second-order valence-electron chi connectivity index (χ2n) is 6.76. The third-order valence-electron chi connectivity index (χ3n) is 4.82. The molecular formula is C19H24N4O. The van der Waals surface area contributed by atoms with Gasteiger partial charge < -0.3 is 10.1 Å². The van der Waals surface area contributed by atoms with Crippen molar-refractivity contribution >= 4 is 10.9 Å². The van der Waals surface area contributed by atoms with Crippen molar-refractivity contribution < 1.29 is 5.11 Å². The molecule has 1 saturated carbocycles. The van der Waals surface area contributed by atoms with Crippen LogP contribution >= 0.6 is 0 Å². The normalized spacial score (nSPS) is 14.8. The SMILES string of the molecule is Cc1nn(CCO)cc1CN(Cc1ccc2[nH]ccc2c1)C1CC1. The van der Waals surface area contributed by atoms with Gasteiger partial charge in [-0.05, 0) is 48.9 Å². The number of fused-ring (bicyclic) bond motifs is 1. The molecule has 0 amide bonds. The molecule has 0 spiro atoms. The maximum Gasteiger partial charge on any atom is 0.0641 e. The van der Waals surface area contributed by atoms with Gasteiger partial charge in [0.1, 0.15) is 0 Å². The van der Waals surface area contributed by atoms with E-state index in [1.807, 2.05) is 10.9 Å². The zero-order valence-electron chi connectivity index (χ0n) is 14.1. The van der Waals surface area contributed by atoms with E-state index in [0.717, 1.165) is 18.8 Å². The Kier molecular flexibility index (Phi) is 4.12. The first-order chi connectivity index (χ1) is 11.7. The van der Waals surface area contributed by atoms with Crippen LogP contribution in [0.3, 0.4) is 0 Å². The van der Waals surface area contributed by atoms with Gasteiger partial charge in [0.25, 0.3) is 0 Å². The van der Waals surface area contributed by atoms with Crippen LogP contribution in [-0.2, 0) is 19.6 Å². The lowest BCUT2D eigenvalue weighted by Gasteiger charge is -2.22. The van der Waals surface area contributed by atoms with Gasteiger partial charge in [-0.2, -0.15) is 5.10 Å². The van der Waals surface area contributed by atoms with E-state index in [1.165, 1.54) is 34.9 Å². The van der Waals surface area contributed by atoms with Crippen molar-refractivity contribution in [3.05, 3.63) is 53.5 Å². The summed E-state index contributed by atoms with van der Waals surface area (Å²) in [6.07, 6.45) is 6.65. The highest BCUT2D eigenvalue weighted by Gasteiger charge is 2.29. The molecule has 0 saturated heterocycles. The average molecular weight is 324 g/mol. The van der Waals surface area contributed by atoms with Crippen molar-refractivity contribution in [3.63, 3.8) is 0 Å². The third kappa shape index (κ3) is 3.23. The van der Waals surface area contributed by atoms with Gasteiger partial charge in [0.2, 0.25) is 0 Å². The molecule has 3 aromatic rings. The lowest BCUT2D eigenvalue weighted by atomic mass is 10.1. The highest BCUT2D eigenvalue weighted by molar-refractivity contribution is 5.79. The number of rotatable bonds is 7. The fourth-order valence-electron chi connectivity index (χ4n) is 3.34. The number of nitrogens with zero attached hydrogens (tertiary/aromatic N) is 3. The summed E-state index contributed by atoms with van der Waals surface area (Å²) in [4.78, 5) is 5.81. The maximum absolute atomic E-state index is 9.09. The molecule has 4 rings (SSSR count). The molecule has 5 heteroatoms. The van der Waals surface area contributed by atoms with E-state index >= 15 is 0 Å². The van der Waals surface area contributed by atoms with Crippen LogP contribution in [0.2, 0.25) is 0 Å². The molecule has 2 aromatic heterocycles. The minimum atomic E-state index is 0.129. The number of nitrogens with one attached hydrogen (secondary N) is 1. The Hall–Kier alpha value is -2.11. The number of H-pyrrole nitrogens is 1. The third-order valence-corrected chi connectivity index (χ3v) is 4.82. The smallest absolute Gasteiger partial charge is 0.0641 e. The second kappa shape index (κ2) is 6.42. The number of aromatic nitrogens is 3. The van der Waals surface area contributed by atoms with E-state index in [-0.39, 0.29) is 6.61 Å². The van der Waals surface area contributed by atoms with Crippen molar-refractivity contribution in [3.8, 4) is 0 Å². The van der Waals surface area contributed by atoms with Gasteiger partial charge in [-0.15, -0.1) is 0 Å². The lowest BCUT2D eigenvalue weighted by Crippen LogP contribution is -2.25. The first-order valence-corrected chi connectivity index (χ1v) is 8.67. The van der Waals surface area contributed by atoms with Crippen LogP contribution < -0.4 is 0 Å². The van der Waals surface area contributed by atoms with Crippen LogP contribution in [0, 0.1) is 6.92 Å². The van der Waals surface area contributed by atoms with Gasteiger partial charge in [-0.25, -0.2) is 0 Å². The van der Waals surface area contributed by atoms with E-state index in [9.17, 15) is 0 Å². The maximum atomic E-state index is 9.09. The highest BCUT2D eigenvalue weighted by atomic mass is 16.3. The van der Waals surface area contributed by atoms with Crippen LogP contribution in [0.25, 0.3) is 10.9 Å². The fraction of sp³-hybridized carbons (Fsp3) is 0.421. The summed E-state index contributed by atoms with van der Waals surface area (Å²) < 4.78 is 1.85. The number of aliphatic hydroxyl groups excluding tert-OH is 1. The summed E-state index contributed by atoms with van der Waals surface area (Å²) in [5.74, 6) is 0. The second-order valence-corrected chi connectivity index (χ2v) is 6.76. The summed E-state index contributed by atoms with van der Waals surface area (Å²) >= 11 is 0. The topological polar surface area (TPSA) is 57.1 Å². The number of hydrogen-bond donors (Lipinski definition) is 2. The van der Waals surface area contributed by atoms with Crippen LogP contribution in [0.15, 0.2) is 36.7 Å². The molecule has 1 aliphatic rings. The molecule has 1 fully saturated rings. The summed E-state index contributed by atoms with van der Waals surface area (Å²) in [7, 11) is 0. The summed E-state index contributed by atoms with van der Waals surface area (Å²) in [6.45, 7) is 4.64. The first kappa shape index (κ1) is 15.4. The predicted octanol–water partition coefficient (Wildman–Crippen LogP) is 2.83. The molecule has 0 radical (unpaired) electrons. The molecule has 126 valence electrons. The zero-order valence-corrected chi connectivity index (χ0v) is 14.1. The number of hydrogen-bond acceptors (Lipinski definition) is 3. The molecule has 2 heterocycles. The molecular weight excluding hydrogens is 300 g/mol. The van der Waals surface area contributed by atoms with E-state index in [1.54, 1.807) is 0 Å². The van der Waals surface area contributed by atoms with Gasteiger partial charge in [-0.1, -0.05) is 6.07 Å². The zero-order chi connectivity index (χ0) is 16.5. The standard InChI is InChI=1S/C19H24N4O/c1-14-17(13-23(21-14)8-9-24)12-22(18-3-4-18)11-15-2-5-19-16(10-15)6-7-20-19/h2,5-7,10,13,18,20,24H,3-4,8-9,11-12H2,1H3. The van der Waals surface area contributed by atoms with E-state index < -0.39 is 0 Å². The molecule has 0 unspecified atom stereocenters. The molecule has 24 heavy (non-hydrogen) atoms. The van der Waals surface area contributed by atoms with Crippen molar-refractivity contribution in [2.24, 2.45) is 0 Å². The highest BCUT2D eigenvalue weighted by Crippen LogP contribution is 2.30. The molecule has 0 bridgehead atoms. The van der Waals surface area contributed by atoms with Crippen molar-refractivity contribution in [1.82, 2.24) is 19.7 Å². The van der Waals surface area contributed by atoms with Gasteiger partial charge in [-0.3, -0.25) is 9.58 Å². The fourth-order valence-corrected chi connectivity index (χ4v) is 3.34. The van der Waals surface area contributed by atoms with Crippen molar-refractivity contribution in [2.45, 2.75) is 45.4 Å². The summed E-state index contributed by atoms with van der Waals surface area (Å²) in [5, 5.41) is 14.9. The molecule has 0 aliphatic heterocycles. The average Bonchev–Trinajstić information content (AvgIpc) is 3.21. The monoisotopic (exact) mass is 324 g/mol. The first-order valence-electron chi connectivity index (χ1n) is 8.67. The van der Waals surface area contributed by atoms with Crippen LogP contribution in [-0.4, -0.2) is 37.4 Å². The minimum Gasteiger partial charge on any atom is -0.394 e. The Morgan fingerprint density at radius 1 is 1.29 bits per heavy atom. The van der Waals surface area contributed by atoms with Gasteiger partial charge >= 0.3 is 0 Å². The van der Waals surface area contributed by atoms with E-state index in [4.69, 9.17) is 5.11 Å². The Morgan fingerprint density at radius 2 is 2.17 bits per heavy atom. The molecule has 1 aromatic carbocycles. The minimum absolute atomic E-state index is 0.129. The van der Waals surface area contributed by atoms with Crippen molar-refractivity contribution in [1.29, 1.82) is 0 Å².